The van der Waals surface area contributed by atoms with Crippen molar-refractivity contribution in [3.63, 3.8) is 0 Å². The van der Waals surface area contributed by atoms with E-state index in [1.165, 1.54) is 6.92 Å². The van der Waals surface area contributed by atoms with Crippen LogP contribution < -0.4 is 10.6 Å². The highest BCUT2D eigenvalue weighted by Crippen LogP contribution is 2.47. The van der Waals surface area contributed by atoms with Crippen LogP contribution in [-0.2, 0) is 27.3 Å². The number of carbonyl (C=O) groups is 2. The minimum Gasteiger partial charge on any atom is -0.392 e. The summed E-state index contributed by atoms with van der Waals surface area (Å²) in [7, 11) is 2.04. The number of hydrogen-bond acceptors (Lipinski definition) is 6. The molecule has 1 saturated heterocycles. The summed E-state index contributed by atoms with van der Waals surface area (Å²) in [4.78, 5) is 27.6. The van der Waals surface area contributed by atoms with Crippen molar-refractivity contribution >= 4 is 17.5 Å². The van der Waals surface area contributed by atoms with Crippen molar-refractivity contribution in [1.82, 2.24) is 10.2 Å². The summed E-state index contributed by atoms with van der Waals surface area (Å²) < 4.78 is 13.6. The average Bonchev–Trinajstić information content (AvgIpc) is 3.08. The maximum Gasteiger partial charge on any atom is 0.319 e. The lowest BCUT2D eigenvalue weighted by molar-refractivity contribution is -0.263. The summed E-state index contributed by atoms with van der Waals surface area (Å²) in [5.41, 5.74) is 5.15. The summed E-state index contributed by atoms with van der Waals surface area (Å²) >= 11 is 0. The topological polar surface area (TPSA) is 100 Å². The van der Waals surface area contributed by atoms with Gasteiger partial charge in [-0.15, -0.1) is 6.58 Å². The first-order valence-electron chi connectivity index (χ1n) is 15.9. The molecule has 8 heteroatoms. The monoisotopic (exact) mass is 633 g/mol. The number of ketones is 1. The number of likely N-dealkylation sites (N-methyl/N-ethyl adjacent to an activating group) is 1. The van der Waals surface area contributed by atoms with Crippen LogP contribution in [0.15, 0.2) is 122 Å². The number of ether oxygens (including phenoxy) is 2. The smallest absolute Gasteiger partial charge is 0.319 e. The van der Waals surface area contributed by atoms with E-state index in [0.29, 0.717) is 25.2 Å². The third-order valence-electron chi connectivity index (χ3n) is 8.40. The molecular formula is C39H43N3O5. The molecule has 5 rings (SSSR count). The number of carbonyl (C=O) groups excluding carboxylic acids is 2. The van der Waals surface area contributed by atoms with E-state index in [1.54, 1.807) is 6.07 Å². The molecule has 244 valence electrons. The van der Waals surface area contributed by atoms with Crippen molar-refractivity contribution in [3.8, 4) is 0 Å². The van der Waals surface area contributed by atoms with Crippen LogP contribution in [-0.4, -0.2) is 54.1 Å². The van der Waals surface area contributed by atoms with Gasteiger partial charge in [-0.05, 0) is 54.8 Å². The SMILES string of the molecule is C=CCN(C)CC1OC(c2cccc(NC(=O)NC(Cc3ccccc3)C(C)=O)c2)OC(c2ccc(CO)cc2)C1c1ccccc1. The first kappa shape index (κ1) is 33.8. The fraction of sp³-hybridized carbons (Fsp3) is 0.282. The number of Topliss-reactive ketones (excluding diaryl/α,β-unsaturated/α-hetero) is 1. The van der Waals surface area contributed by atoms with E-state index in [1.807, 2.05) is 104 Å². The van der Waals surface area contributed by atoms with E-state index in [0.717, 1.165) is 27.8 Å². The van der Waals surface area contributed by atoms with Crippen molar-refractivity contribution in [1.29, 1.82) is 0 Å². The number of nitrogens with zero attached hydrogens (tertiary/aromatic N) is 1. The zero-order valence-electron chi connectivity index (χ0n) is 26.9. The first-order chi connectivity index (χ1) is 22.8. The molecule has 1 heterocycles. The van der Waals surface area contributed by atoms with Gasteiger partial charge in [-0.3, -0.25) is 4.79 Å². The van der Waals surface area contributed by atoms with E-state index in [9.17, 15) is 14.7 Å². The number of hydrogen-bond donors (Lipinski definition) is 3. The van der Waals surface area contributed by atoms with E-state index >= 15 is 0 Å². The molecule has 4 aromatic rings. The lowest BCUT2D eigenvalue weighted by atomic mass is 9.83. The second-order valence-corrected chi connectivity index (χ2v) is 12.0. The summed E-state index contributed by atoms with van der Waals surface area (Å²) in [6.07, 6.45) is 0.930. The molecule has 8 nitrogen and oxygen atoms in total. The van der Waals surface area contributed by atoms with Crippen molar-refractivity contribution < 1.29 is 24.2 Å². The number of benzene rings is 4. The minimum atomic E-state index is -0.729. The lowest BCUT2D eigenvalue weighted by Crippen LogP contribution is -2.43. The van der Waals surface area contributed by atoms with Crippen molar-refractivity contribution in [2.45, 2.75) is 50.4 Å². The molecule has 2 amide bonds. The summed E-state index contributed by atoms with van der Waals surface area (Å²) in [5.74, 6) is -0.250. The Kier molecular flexibility index (Phi) is 11.7. The van der Waals surface area contributed by atoms with Gasteiger partial charge in [0.25, 0.3) is 0 Å². The van der Waals surface area contributed by atoms with Gasteiger partial charge < -0.3 is 30.1 Å². The van der Waals surface area contributed by atoms with E-state index in [-0.39, 0.29) is 30.5 Å². The highest BCUT2D eigenvalue weighted by atomic mass is 16.7. The molecule has 0 radical (unpaired) electrons. The summed E-state index contributed by atoms with van der Waals surface area (Å²) in [5, 5.41) is 15.4. The van der Waals surface area contributed by atoms with Crippen LogP contribution in [0.2, 0.25) is 0 Å². The van der Waals surface area contributed by atoms with Crippen molar-refractivity contribution in [2.75, 3.05) is 25.5 Å². The van der Waals surface area contributed by atoms with Crippen molar-refractivity contribution in [2.24, 2.45) is 0 Å². The molecule has 1 aliphatic heterocycles. The zero-order chi connectivity index (χ0) is 33.2. The molecule has 3 N–H and O–H groups in total. The van der Waals surface area contributed by atoms with Gasteiger partial charge in [0, 0.05) is 30.3 Å². The molecule has 0 aliphatic carbocycles. The molecule has 0 bridgehead atoms. The second kappa shape index (κ2) is 16.3. The Balaban J connectivity index is 1.40. The molecule has 0 saturated carbocycles. The summed E-state index contributed by atoms with van der Waals surface area (Å²) in [6, 6.07) is 33.9. The quantitative estimate of drug-likeness (QED) is 0.144. The molecule has 5 unspecified atom stereocenters. The fourth-order valence-corrected chi connectivity index (χ4v) is 6.00. The normalized spacial score (nSPS) is 19.9. The van der Waals surface area contributed by atoms with Gasteiger partial charge in [0.1, 0.15) is 0 Å². The predicted octanol–water partition coefficient (Wildman–Crippen LogP) is 6.56. The maximum absolute atomic E-state index is 13.1. The van der Waals surface area contributed by atoms with Crippen molar-refractivity contribution in [3.05, 3.63) is 150 Å². The Morgan fingerprint density at radius 3 is 2.21 bits per heavy atom. The molecule has 1 fully saturated rings. The largest absolute Gasteiger partial charge is 0.392 e. The third-order valence-corrected chi connectivity index (χ3v) is 8.40. The highest BCUT2D eigenvalue weighted by molar-refractivity contribution is 5.93. The summed E-state index contributed by atoms with van der Waals surface area (Å²) in [6.45, 7) is 6.67. The lowest BCUT2D eigenvalue weighted by Gasteiger charge is -2.44. The number of amides is 2. The highest BCUT2D eigenvalue weighted by Gasteiger charge is 2.42. The Morgan fingerprint density at radius 1 is 0.872 bits per heavy atom. The number of aliphatic hydroxyl groups excluding tert-OH is 1. The molecule has 1 aliphatic rings. The minimum absolute atomic E-state index is 0.0403. The van der Waals surface area contributed by atoms with Gasteiger partial charge >= 0.3 is 6.03 Å². The maximum atomic E-state index is 13.1. The number of rotatable bonds is 13. The van der Waals surface area contributed by atoms with E-state index < -0.39 is 18.4 Å². The predicted molar refractivity (Wildman–Crippen MR) is 184 cm³/mol. The molecule has 0 spiro atoms. The van der Waals surface area contributed by atoms with Crippen LogP contribution in [0.5, 0.6) is 0 Å². The first-order valence-corrected chi connectivity index (χ1v) is 15.9. The van der Waals surface area contributed by atoms with Gasteiger partial charge in [0.2, 0.25) is 0 Å². The molecule has 5 atom stereocenters. The second-order valence-electron chi connectivity index (χ2n) is 12.0. The van der Waals surface area contributed by atoms with Gasteiger partial charge in [0.15, 0.2) is 12.1 Å². The van der Waals surface area contributed by atoms with Crippen LogP contribution >= 0.6 is 0 Å². The van der Waals surface area contributed by atoms with Crippen LogP contribution in [0.3, 0.4) is 0 Å². The van der Waals surface area contributed by atoms with Gasteiger partial charge in [-0.2, -0.15) is 0 Å². The average molecular weight is 634 g/mol. The molecule has 0 aromatic heterocycles. The Labute approximate surface area is 277 Å². The van der Waals surface area contributed by atoms with Crippen LogP contribution in [0.1, 0.15) is 53.1 Å². The fourth-order valence-electron chi connectivity index (χ4n) is 6.00. The number of urea groups is 1. The van der Waals surface area contributed by atoms with E-state index in [2.05, 4.69) is 34.2 Å². The molecule has 47 heavy (non-hydrogen) atoms. The standard InChI is InChI=1S/C39H43N3O5/c1-4-22-42(3)25-35-36(30-14-9-6-10-15-30)37(31-20-18-29(26-43)19-21-31)47-38(46-35)32-16-11-17-33(24-32)40-39(45)41-34(27(2)44)23-28-12-7-5-8-13-28/h4-21,24,34-38,43H,1,22-23,25-26H2,2-3H3,(H2,40,41,45). The van der Waals surface area contributed by atoms with Gasteiger partial charge in [-0.1, -0.05) is 103 Å². The third kappa shape index (κ3) is 9.02. The number of nitrogens with one attached hydrogen (secondary N) is 2. The Hall–Kier alpha value is -4.60. The number of anilines is 1. The van der Waals surface area contributed by atoms with Crippen LogP contribution in [0, 0.1) is 0 Å². The Bertz CT molecular complexity index is 1610. The van der Waals surface area contributed by atoms with Crippen LogP contribution in [0.25, 0.3) is 0 Å². The van der Waals surface area contributed by atoms with Gasteiger partial charge in [-0.25, -0.2) is 4.79 Å². The molecular weight excluding hydrogens is 590 g/mol. The molecule has 4 aromatic carbocycles. The Morgan fingerprint density at radius 2 is 1.55 bits per heavy atom. The van der Waals surface area contributed by atoms with Gasteiger partial charge in [0.05, 0.1) is 24.9 Å². The number of aliphatic hydroxyl groups is 1. The van der Waals surface area contributed by atoms with E-state index in [4.69, 9.17) is 9.47 Å². The zero-order valence-corrected chi connectivity index (χ0v) is 26.9. The van der Waals surface area contributed by atoms with Crippen LogP contribution in [0.4, 0.5) is 10.5 Å².